The number of hydrogen-bond acceptors (Lipinski definition) is 5. The molecule has 2 aromatic rings. The summed E-state index contributed by atoms with van der Waals surface area (Å²) in [5.41, 5.74) is 0.692. The number of aldehydes is 1. The molecule has 0 aromatic heterocycles. The molecular weight excluding hydrogens is 348 g/mol. The van der Waals surface area contributed by atoms with Gasteiger partial charge in [0.1, 0.15) is 23.5 Å². The molecule has 2 aromatic carbocycles. The smallest absolute Gasteiger partial charge is 0.314 e. The molecule has 0 fully saturated rings. The van der Waals surface area contributed by atoms with Gasteiger partial charge in [-0.3, -0.25) is 4.79 Å². The Balaban J connectivity index is 2.18. The molecule has 6 heteroatoms. The lowest BCUT2D eigenvalue weighted by Crippen LogP contribution is -2.36. The first kappa shape index (κ1) is 20.3. The van der Waals surface area contributed by atoms with Gasteiger partial charge in [-0.15, -0.1) is 0 Å². The van der Waals surface area contributed by atoms with Gasteiger partial charge in [-0.05, 0) is 61.6 Å². The van der Waals surface area contributed by atoms with Crippen molar-refractivity contribution < 1.29 is 29.6 Å². The van der Waals surface area contributed by atoms with E-state index in [1.165, 1.54) is 12.1 Å². The van der Waals surface area contributed by atoms with E-state index in [9.17, 15) is 24.9 Å². The molecule has 0 heterocycles. The Labute approximate surface area is 158 Å². The molecule has 0 radical (unpaired) electrons. The quantitative estimate of drug-likeness (QED) is 0.460. The van der Waals surface area contributed by atoms with Gasteiger partial charge in [0, 0.05) is 12.5 Å². The Morgan fingerprint density at radius 3 is 2.37 bits per heavy atom. The van der Waals surface area contributed by atoms with Crippen LogP contribution in [0, 0.1) is 13.8 Å². The van der Waals surface area contributed by atoms with Gasteiger partial charge in [-0.2, -0.15) is 0 Å². The number of phenolic OH excluding ortho intramolecular Hbond substituents is 2. The summed E-state index contributed by atoms with van der Waals surface area (Å²) in [5, 5.41) is 29.3. The molecule has 0 bridgehead atoms. The van der Waals surface area contributed by atoms with Crippen LogP contribution in [0.3, 0.4) is 0 Å². The molecule has 0 amide bonds. The van der Waals surface area contributed by atoms with Gasteiger partial charge in [-0.1, -0.05) is 12.1 Å². The number of aryl methyl sites for hydroxylation is 2. The molecule has 0 saturated heterocycles. The fraction of sp³-hybridized carbons (Fsp3) is 0.333. The topological polar surface area (TPSA) is 104 Å². The van der Waals surface area contributed by atoms with E-state index in [-0.39, 0.29) is 36.5 Å². The highest BCUT2D eigenvalue weighted by Crippen LogP contribution is 2.37. The van der Waals surface area contributed by atoms with Crippen LogP contribution in [0.25, 0.3) is 0 Å². The lowest BCUT2D eigenvalue weighted by molar-refractivity contribution is -0.145. The number of phenols is 2. The molecule has 0 spiro atoms. The van der Waals surface area contributed by atoms with E-state index >= 15 is 0 Å². The minimum atomic E-state index is -1.54. The van der Waals surface area contributed by atoms with Gasteiger partial charge < -0.3 is 24.9 Å². The van der Waals surface area contributed by atoms with Crippen LogP contribution in [-0.2, 0) is 15.0 Å². The second-order valence-corrected chi connectivity index (χ2v) is 6.72. The van der Waals surface area contributed by atoms with Gasteiger partial charge >= 0.3 is 5.97 Å². The van der Waals surface area contributed by atoms with Crippen molar-refractivity contribution in [2.75, 3.05) is 6.61 Å². The number of carbonyl (C=O) groups is 2. The van der Waals surface area contributed by atoms with Crippen molar-refractivity contribution in [1.29, 1.82) is 0 Å². The second kappa shape index (κ2) is 8.58. The average molecular weight is 372 g/mol. The number of ether oxygens (including phenoxy) is 1. The SMILES string of the molecule is Cc1ccc(C)c(OCCCC(CC=O)(C(=O)O)c2cc(O)cc(O)c2)c1. The van der Waals surface area contributed by atoms with Crippen LogP contribution in [0.2, 0.25) is 0 Å². The minimum Gasteiger partial charge on any atom is -0.508 e. The van der Waals surface area contributed by atoms with Crippen LogP contribution in [0.4, 0.5) is 0 Å². The van der Waals surface area contributed by atoms with E-state index in [0.29, 0.717) is 12.7 Å². The van der Waals surface area contributed by atoms with Gasteiger partial charge in [0.15, 0.2) is 0 Å². The van der Waals surface area contributed by atoms with Gasteiger partial charge in [-0.25, -0.2) is 0 Å². The van der Waals surface area contributed by atoms with Crippen LogP contribution in [0.15, 0.2) is 36.4 Å². The monoisotopic (exact) mass is 372 g/mol. The first-order valence-corrected chi connectivity index (χ1v) is 8.69. The first-order chi connectivity index (χ1) is 12.8. The Hall–Kier alpha value is -3.02. The Bertz CT molecular complexity index is 809. The summed E-state index contributed by atoms with van der Waals surface area (Å²) >= 11 is 0. The summed E-state index contributed by atoms with van der Waals surface area (Å²) in [6.07, 6.45) is 0.772. The Morgan fingerprint density at radius 2 is 1.78 bits per heavy atom. The normalized spacial score (nSPS) is 13.0. The van der Waals surface area contributed by atoms with Crippen LogP contribution in [0.5, 0.6) is 17.2 Å². The lowest BCUT2D eigenvalue weighted by atomic mass is 9.74. The van der Waals surface area contributed by atoms with E-state index in [0.717, 1.165) is 22.9 Å². The summed E-state index contributed by atoms with van der Waals surface area (Å²) < 4.78 is 5.77. The minimum absolute atomic E-state index is 0.120. The van der Waals surface area contributed by atoms with Gasteiger partial charge in [0.2, 0.25) is 0 Å². The zero-order valence-corrected chi connectivity index (χ0v) is 15.4. The standard InChI is InChI=1S/C21H24O6/c1-14-4-5-15(2)19(10-14)27-9-3-6-21(7-8-22,20(25)26)16-11-17(23)13-18(24)12-16/h4-5,8,10-13,23-24H,3,6-7,9H2,1-2H3,(H,25,26). The molecule has 27 heavy (non-hydrogen) atoms. The predicted molar refractivity (Wildman–Crippen MR) is 100 cm³/mol. The third-order valence-corrected chi connectivity index (χ3v) is 4.65. The van der Waals surface area contributed by atoms with Crippen LogP contribution >= 0.6 is 0 Å². The summed E-state index contributed by atoms with van der Waals surface area (Å²) in [7, 11) is 0. The van der Waals surface area contributed by atoms with Crippen molar-refractivity contribution in [1.82, 2.24) is 0 Å². The zero-order valence-electron chi connectivity index (χ0n) is 15.4. The highest BCUT2D eigenvalue weighted by atomic mass is 16.5. The fourth-order valence-corrected chi connectivity index (χ4v) is 3.11. The molecule has 0 aliphatic carbocycles. The van der Waals surface area contributed by atoms with Gasteiger partial charge in [0.25, 0.3) is 0 Å². The number of hydrogen-bond donors (Lipinski definition) is 3. The van der Waals surface area contributed by atoms with Crippen molar-refractivity contribution in [3.63, 3.8) is 0 Å². The third-order valence-electron chi connectivity index (χ3n) is 4.65. The maximum Gasteiger partial charge on any atom is 0.314 e. The molecule has 1 unspecified atom stereocenters. The number of carboxylic acids is 1. The fourth-order valence-electron chi connectivity index (χ4n) is 3.11. The number of carboxylic acid groups (broad SMARTS) is 1. The zero-order chi connectivity index (χ0) is 20.0. The van der Waals surface area contributed by atoms with E-state index in [4.69, 9.17) is 4.74 Å². The maximum absolute atomic E-state index is 12.0. The van der Waals surface area contributed by atoms with Crippen LogP contribution in [-0.4, -0.2) is 34.2 Å². The summed E-state index contributed by atoms with van der Waals surface area (Å²) in [4.78, 5) is 23.2. The van der Waals surface area contributed by atoms with Gasteiger partial charge in [0.05, 0.1) is 12.0 Å². The van der Waals surface area contributed by atoms with Crippen molar-refractivity contribution >= 4 is 12.3 Å². The number of aromatic hydroxyl groups is 2. The van der Waals surface area contributed by atoms with E-state index in [1.54, 1.807) is 0 Å². The summed E-state index contributed by atoms with van der Waals surface area (Å²) in [5.74, 6) is -0.964. The highest BCUT2D eigenvalue weighted by molar-refractivity contribution is 5.85. The molecule has 2 rings (SSSR count). The lowest BCUT2D eigenvalue weighted by Gasteiger charge is -2.28. The van der Waals surface area contributed by atoms with Crippen molar-refractivity contribution in [2.24, 2.45) is 0 Å². The van der Waals surface area contributed by atoms with Crippen molar-refractivity contribution in [3.8, 4) is 17.2 Å². The molecule has 1 atom stereocenters. The Morgan fingerprint density at radius 1 is 1.11 bits per heavy atom. The van der Waals surface area contributed by atoms with E-state index < -0.39 is 11.4 Å². The molecule has 144 valence electrons. The summed E-state index contributed by atoms with van der Waals surface area (Å²) in [6.45, 7) is 4.17. The van der Waals surface area contributed by atoms with E-state index in [1.807, 2.05) is 32.0 Å². The Kier molecular flexibility index (Phi) is 6.45. The third kappa shape index (κ3) is 4.78. The maximum atomic E-state index is 12.0. The first-order valence-electron chi connectivity index (χ1n) is 8.69. The number of benzene rings is 2. The van der Waals surface area contributed by atoms with Crippen LogP contribution < -0.4 is 4.74 Å². The summed E-state index contributed by atoms with van der Waals surface area (Å²) in [6, 6.07) is 9.50. The molecule has 3 N–H and O–H groups in total. The average Bonchev–Trinajstić information content (AvgIpc) is 2.59. The molecule has 6 nitrogen and oxygen atoms in total. The van der Waals surface area contributed by atoms with Crippen molar-refractivity contribution in [2.45, 2.75) is 38.5 Å². The van der Waals surface area contributed by atoms with E-state index in [2.05, 4.69) is 0 Å². The molecule has 0 saturated carbocycles. The second-order valence-electron chi connectivity index (χ2n) is 6.72. The highest BCUT2D eigenvalue weighted by Gasteiger charge is 2.40. The largest absolute Gasteiger partial charge is 0.508 e. The number of aliphatic carboxylic acids is 1. The predicted octanol–water partition coefficient (Wildman–Crippen LogP) is 3.49. The molecule has 0 aliphatic heterocycles. The van der Waals surface area contributed by atoms with Crippen molar-refractivity contribution in [3.05, 3.63) is 53.1 Å². The van der Waals surface area contributed by atoms with Crippen LogP contribution in [0.1, 0.15) is 36.0 Å². The number of carbonyl (C=O) groups excluding carboxylic acids is 1. The number of rotatable bonds is 9. The molecule has 0 aliphatic rings. The molecular formula is C21H24O6.